The molecule has 3 aromatic rings. The lowest BCUT2D eigenvalue weighted by molar-refractivity contribution is 0.414. The molecule has 0 aliphatic heterocycles. The van der Waals surface area contributed by atoms with Gasteiger partial charge >= 0.3 is 0 Å². The summed E-state index contributed by atoms with van der Waals surface area (Å²) in [4.78, 5) is 0. The molecule has 0 saturated carbocycles. The van der Waals surface area contributed by atoms with Crippen molar-refractivity contribution in [3.8, 4) is 5.75 Å². The third-order valence-corrected chi connectivity index (χ3v) is 4.76. The maximum absolute atomic E-state index is 5.26. The molecular formula is C19H23N3O. The van der Waals surface area contributed by atoms with Crippen LogP contribution >= 0.6 is 0 Å². The Hall–Kier alpha value is -2.36. The summed E-state index contributed by atoms with van der Waals surface area (Å²) >= 11 is 0. The highest BCUT2D eigenvalue weighted by atomic mass is 16.5. The van der Waals surface area contributed by atoms with E-state index in [0.717, 1.165) is 17.1 Å². The van der Waals surface area contributed by atoms with Crippen LogP contribution in [0.3, 0.4) is 0 Å². The minimum absolute atomic E-state index is 0.243. The van der Waals surface area contributed by atoms with Crippen LogP contribution in [0.1, 0.15) is 41.3 Å². The second kappa shape index (κ2) is 5.69. The van der Waals surface area contributed by atoms with Crippen molar-refractivity contribution >= 4 is 10.8 Å². The highest BCUT2D eigenvalue weighted by Crippen LogP contribution is 2.33. The van der Waals surface area contributed by atoms with Gasteiger partial charge in [0.2, 0.25) is 0 Å². The lowest BCUT2D eigenvalue weighted by Crippen LogP contribution is -2.10. The van der Waals surface area contributed by atoms with Gasteiger partial charge in [-0.3, -0.25) is 0 Å². The molecule has 0 fully saturated rings. The molecule has 0 amide bonds. The first kappa shape index (κ1) is 15.5. The maximum atomic E-state index is 5.26. The Morgan fingerprint density at radius 1 is 0.870 bits per heavy atom. The fraction of sp³-hybridized carbons (Fsp3) is 0.368. The van der Waals surface area contributed by atoms with Crippen LogP contribution in [0.5, 0.6) is 5.75 Å². The molecule has 2 aromatic heterocycles. The first-order valence-electron chi connectivity index (χ1n) is 7.90. The molecule has 4 nitrogen and oxygen atoms in total. The summed E-state index contributed by atoms with van der Waals surface area (Å²) in [7, 11) is 1.69. The molecule has 4 heteroatoms. The predicted molar refractivity (Wildman–Crippen MR) is 93.3 cm³/mol. The zero-order chi connectivity index (χ0) is 16.7. The average Bonchev–Trinajstić information content (AvgIpc) is 2.83. The van der Waals surface area contributed by atoms with Gasteiger partial charge in [0, 0.05) is 22.2 Å². The molecule has 0 saturated heterocycles. The Morgan fingerprint density at radius 2 is 1.35 bits per heavy atom. The fourth-order valence-corrected chi connectivity index (χ4v) is 3.60. The summed E-state index contributed by atoms with van der Waals surface area (Å²) in [6.45, 7) is 10.6. The molecule has 0 radical (unpaired) electrons. The summed E-state index contributed by atoms with van der Waals surface area (Å²) in [5.74, 6) is 0.882. The van der Waals surface area contributed by atoms with E-state index in [0.29, 0.717) is 0 Å². The van der Waals surface area contributed by atoms with Crippen molar-refractivity contribution in [1.82, 2.24) is 14.8 Å². The van der Waals surface area contributed by atoms with Gasteiger partial charge in [0.15, 0.2) is 0 Å². The third-order valence-electron chi connectivity index (χ3n) is 4.76. The van der Waals surface area contributed by atoms with Gasteiger partial charge in [-0.2, -0.15) is 10.2 Å². The van der Waals surface area contributed by atoms with E-state index in [2.05, 4.69) is 47.7 Å². The van der Waals surface area contributed by atoms with E-state index in [1.54, 1.807) is 7.11 Å². The molecule has 0 bridgehead atoms. The quantitative estimate of drug-likeness (QED) is 0.725. The van der Waals surface area contributed by atoms with Gasteiger partial charge in [-0.15, -0.1) is 0 Å². The number of aryl methyl sites for hydroxylation is 4. The van der Waals surface area contributed by atoms with Crippen molar-refractivity contribution in [2.45, 2.75) is 40.7 Å². The molecule has 0 unspecified atom stereocenters. The van der Waals surface area contributed by atoms with Crippen LogP contribution in [0, 0.1) is 27.7 Å². The van der Waals surface area contributed by atoms with Gasteiger partial charge in [-0.25, -0.2) is 0 Å². The normalized spacial score (nSPS) is 12.6. The van der Waals surface area contributed by atoms with Gasteiger partial charge in [0.25, 0.3) is 0 Å². The van der Waals surface area contributed by atoms with Gasteiger partial charge < -0.3 is 9.30 Å². The van der Waals surface area contributed by atoms with Crippen molar-refractivity contribution in [3.05, 3.63) is 52.6 Å². The predicted octanol–water partition coefficient (Wildman–Crippen LogP) is 4.28. The Balaban J connectivity index is 2.19. The first-order chi connectivity index (χ1) is 11.0. The van der Waals surface area contributed by atoms with Crippen molar-refractivity contribution in [2.24, 2.45) is 0 Å². The van der Waals surface area contributed by atoms with Crippen molar-refractivity contribution < 1.29 is 4.74 Å². The average molecular weight is 309 g/mol. The first-order valence-corrected chi connectivity index (χ1v) is 7.90. The summed E-state index contributed by atoms with van der Waals surface area (Å²) in [6.07, 6.45) is 0. The number of nitrogens with zero attached hydrogens (tertiary/aromatic N) is 3. The Kier molecular flexibility index (Phi) is 3.84. The minimum atomic E-state index is 0.243. The Morgan fingerprint density at radius 3 is 1.78 bits per heavy atom. The zero-order valence-electron chi connectivity index (χ0n) is 14.6. The number of hydrogen-bond acceptors (Lipinski definition) is 3. The van der Waals surface area contributed by atoms with E-state index in [1.807, 2.05) is 26.0 Å². The number of ether oxygens (including phenoxy) is 1. The van der Waals surface area contributed by atoms with Crippen LogP contribution in [0.25, 0.3) is 10.8 Å². The molecule has 0 aliphatic carbocycles. The molecule has 0 N–H and O–H groups in total. The summed E-state index contributed by atoms with van der Waals surface area (Å²) in [5.41, 5.74) is 5.74. The summed E-state index contributed by atoms with van der Waals surface area (Å²) in [6, 6.07) is 8.53. The molecule has 0 aliphatic rings. The smallest absolute Gasteiger partial charge is 0.118 e. The van der Waals surface area contributed by atoms with Gasteiger partial charge in [-0.05, 0) is 52.3 Å². The second-order valence-electron chi connectivity index (χ2n) is 6.11. The number of aromatic nitrogens is 3. The topological polar surface area (TPSA) is 39.9 Å². The summed E-state index contributed by atoms with van der Waals surface area (Å²) in [5, 5.41) is 11.1. The number of benzene rings is 1. The molecular weight excluding hydrogens is 286 g/mol. The Bertz CT molecular complexity index is 818. The van der Waals surface area contributed by atoms with E-state index >= 15 is 0 Å². The number of methoxy groups -OCH3 is 1. The van der Waals surface area contributed by atoms with Crippen LogP contribution in [0.4, 0.5) is 0 Å². The molecule has 120 valence electrons. The van der Waals surface area contributed by atoms with Crippen molar-refractivity contribution in [2.75, 3.05) is 7.11 Å². The number of hydrogen-bond donors (Lipinski definition) is 0. The van der Waals surface area contributed by atoms with E-state index in [4.69, 9.17) is 4.74 Å². The van der Waals surface area contributed by atoms with E-state index < -0.39 is 0 Å². The highest BCUT2D eigenvalue weighted by molar-refractivity contribution is 5.91. The molecule has 23 heavy (non-hydrogen) atoms. The molecule has 1 atom stereocenters. The zero-order valence-corrected chi connectivity index (χ0v) is 14.6. The molecule has 1 aromatic carbocycles. The third kappa shape index (κ3) is 2.38. The van der Waals surface area contributed by atoms with E-state index in [9.17, 15) is 0 Å². The largest absolute Gasteiger partial charge is 0.497 e. The Labute approximate surface area is 137 Å². The lowest BCUT2D eigenvalue weighted by Gasteiger charge is -2.19. The number of fused-ring (bicyclic) bond motifs is 1. The monoisotopic (exact) mass is 309 g/mol. The standard InChI is InChI=1S/C19H23N3O/c1-11-18-14(4)22(15(5)19(18)12(2)21-20-11)13(3)16-7-9-17(23-6)10-8-16/h7-10,13H,1-6H3/t13-/m0/s1. The van der Waals surface area contributed by atoms with Crippen molar-refractivity contribution in [1.29, 1.82) is 0 Å². The van der Waals surface area contributed by atoms with Crippen molar-refractivity contribution in [3.63, 3.8) is 0 Å². The lowest BCUT2D eigenvalue weighted by atomic mass is 10.1. The van der Waals surface area contributed by atoms with Crippen LogP contribution in [0.2, 0.25) is 0 Å². The van der Waals surface area contributed by atoms with Crippen LogP contribution in [-0.4, -0.2) is 21.9 Å². The SMILES string of the molecule is COc1ccc([C@H](C)n2c(C)c3c(C)nnc(C)c3c2C)cc1. The maximum Gasteiger partial charge on any atom is 0.118 e. The highest BCUT2D eigenvalue weighted by Gasteiger charge is 2.20. The van der Waals surface area contributed by atoms with Gasteiger partial charge in [-0.1, -0.05) is 12.1 Å². The number of rotatable bonds is 3. The van der Waals surface area contributed by atoms with Gasteiger partial charge in [0.05, 0.1) is 24.5 Å². The van der Waals surface area contributed by atoms with Crippen LogP contribution in [-0.2, 0) is 0 Å². The fourth-order valence-electron chi connectivity index (χ4n) is 3.60. The van der Waals surface area contributed by atoms with E-state index in [1.165, 1.54) is 27.7 Å². The molecule has 0 spiro atoms. The minimum Gasteiger partial charge on any atom is -0.497 e. The molecule has 2 heterocycles. The van der Waals surface area contributed by atoms with Crippen LogP contribution in [0.15, 0.2) is 24.3 Å². The van der Waals surface area contributed by atoms with Gasteiger partial charge in [0.1, 0.15) is 5.75 Å². The van der Waals surface area contributed by atoms with E-state index in [-0.39, 0.29) is 6.04 Å². The summed E-state index contributed by atoms with van der Waals surface area (Å²) < 4.78 is 7.64. The van der Waals surface area contributed by atoms with Crippen LogP contribution < -0.4 is 4.74 Å². The second-order valence-corrected chi connectivity index (χ2v) is 6.11. The molecule has 3 rings (SSSR count).